The molecule has 18 heavy (non-hydrogen) atoms. The van der Waals surface area contributed by atoms with E-state index in [0.29, 0.717) is 17.8 Å². The van der Waals surface area contributed by atoms with Crippen LogP contribution in [0.25, 0.3) is 0 Å². The van der Waals surface area contributed by atoms with E-state index < -0.39 is 0 Å². The molecule has 2 N–H and O–H groups in total. The number of nitriles is 1. The Morgan fingerprint density at radius 1 is 1.33 bits per heavy atom. The standard InChI is InChI=1S/C14H13N3O/c1-18-13-5-3-2-4-10(13)6-11-7-14(16)17-9-12(11)8-15/h2-5,7,9H,6H2,1H3,(H2,16,17). The van der Waals surface area contributed by atoms with Crippen molar-refractivity contribution in [2.75, 3.05) is 12.8 Å². The summed E-state index contributed by atoms with van der Waals surface area (Å²) >= 11 is 0. The van der Waals surface area contributed by atoms with Gasteiger partial charge in [0.1, 0.15) is 17.6 Å². The molecule has 0 unspecified atom stereocenters. The van der Waals surface area contributed by atoms with Crippen LogP contribution in [0.5, 0.6) is 5.75 Å². The lowest BCUT2D eigenvalue weighted by Gasteiger charge is -2.09. The minimum Gasteiger partial charge on any atom is -0.496 e. The molecule has 4 nitrogen and oxygen atoms in total. The summed E-state index contributed by atoms with van der Waals surface area (Å²) in [6, 6.07) is 11.6. The Bertz CT molecular complexity index is 602. The predicted molar refractivity (Wildman–Crippen MR) is 69.2 cm³/mol. The molecule has 1 aromatic heterocycles. The van der Waals surface area contributed by atoms with E-state index in [1.54, 1.807) is 13.2 Å². The normalized spacial score (nSPS) is 9.78. The van der Waals surface area contributed by atoms with Gasteiger partial charge in [0.25, 0.3) is 0 Å². The number of anilines is 1. The maximum atomic E-state index is 9.05. The number of methoxy groups -OCH3 is 1. The van der Waals surface area contributed by atoms with Gasteiger partial charge in [-0.2, -0.15) is 5.26 Å². The topological polar surface area (TPSA) is 71.9 Å². The molecule has 0 aliphatic heterocycles. The number of nitrogens with two attached hydrogens (primary N) is 1. The first kappa shape index (κ1) is 11.9. The Labute approximate surface area is 106 Å². The highest BCUT2D eigenvalue weighted by Gasteiger charge is 2.08. The van der Waals surface area contributed by atoms with Crippen LogP contribution >= 0.6 is 0 Å². The van der Waals surface area contributed by atoms with Crippen LogP contribution in [-0.2, 0) is 6.42 Å². The summed E-state index contributed by atoms with van der Waals surface area (Å²) in [4.78, 5) is 3.92. The van der Waals surface area contributed by atoms with E-state index in [1.165, 1.54) is 6.20 Å². The lowest BCUT2D eigenvalue weighted by molar-refractivity contribution is 0.410. The second-order valence-electron chi connectivity index (χ2n) is 3.87. The van der Waals surface area contributed by atoms with Gasteiger partial charge in [-0.15, -0.1) is 0 Å². The van der Waals surface area contributed by atoms with Crippen molar-refractivity contribution in [3.63, 3.8) is 0 Å². The molecule has 0 radical (unpaired) electrons. The quantitative estimate of drug-likeness (QED) is 0.890. The zero-order valence-corrected chi connectivity index (χ0v) is 10.1. The van der Waals surface area contributed by atoms with E-state index >= 15 is 0 Å². The Hall–Kier alpha value is -2.54. The molecule has 90 valence electrons. The monoisotopic (exact) mass is 239 g/mol. The second kappa shape index (κ2) is 5.19. The summed E-state index contributed by atoms with van der Waals surface area (Å²) in [5, 5.41) is 9.05. The van der Waals surface area contributed by atoms with E-state index in [4.69, 9.17) is 15.7 Å². The molecule has 0 bridgehead atoms. The lowest BCUT2D eigenvalue weighted by Crippen LogP contribution is -1.99. The van der Waals surface area contributed by atoms with Gasteiger partial charge in [-0.25, -0.2) is 4.98 Å². The summed E-state index contributed by atoms with van der Waals surface area (Å²) in [7, 11) is 1.63. The fourth-order valence-electron chi connectivity index (χ4n) is 1.82. The van der Waals surface area contributed by atoms with Crippen LogP contribution < -0.4 is 10.5 Å². The Balaban J connectivity index is 2.40. The molecule has 0 atom stereocenters. The van der Waals surface area contributed by atoms with Crippen molar-refractivity contribution < 1.29 is 4.74 Å². The maximum Gasteiger partial charge on any atom is 0.123 e. The van der Waals surface area contributed by atoms with Crippen molar-refractivity contribution >= 4 is 5.82 Å². The molecule has 0 saturated heterocycles. The smallest absolute Gasteiger partial charge is 0.123 e. The van der Waals surface area contributed by atoms with Crippen molar-refractivity contribution in [2.24, 2.45) is 0 Å². The molecule has 0 spiro atoms. The first-order chi connectivity index (χ1) is 8.74. The molecule has 0 saturated carbocycles. The molecular weight excluding hydrogens is 226 g/mol. The highest BCUT2D eigenvalue weighted by atomic mass is 16.5. The SMILES string of the molecule is COc1ccccc1Cc1cc(N)ncc1C#N. The van der Waals surface area contributed by atoms with Gasteiger partial charge in [-0.1, -0.05) is 18.2 Å². The summed E-state index contributed by atoms with van der Waals surface area (Å²) in [5.74, 6) is 1.22. The fraction of sp³-hybridized carbons (Fsp3) is 0.143. The third-order valence-corrected chi connectivity index (χ3v) is 2.70. The van der Waals surface area contributed by atoms with E-state index in [9.17, 15) is 0 Å². The van der Waals surface area contributed by atoms with E-state index in [1.807, 2.05) is 24.3 Å². The predicted octanol–water partition coefficient (Wildman–Crippen LogP) is 2.13. The minimum atomic E-state index is 0.416. The molecule has 0 amide bonds. The van der Waals surface area contributed by atoms with Crippen LogP contribution in [0.3, 0.4) is 0 Å². The van der Waals surface area contributed by atoms with Crippen LogP contribution in [0, 0.1) is 11.3 Å². The van der Waals surface area contributed by atoms with Crippen LogP contribution in [0.2, 0.25) is 0 Å². The zero-order valence-electron chi connectivity index (χ0n) is 10.1. The van der Waals surface area contributed by atoms with Gasteiger partial charge in [-0.05, 0) is 23.3 Å². The fourth-order valence-corrected chi connectivity index (χ4v) is 1.82. The molecule has 0 fully saturated rings. The number of ether oxygens (including phenoxy) is 1. The van der Waals surface area contributed by atoms with Crippen LogP contribution in [0.1, 0.15) is 16.7 Å². The Kier molecular flexibility index (Phi) is 3.44. The van der Waals surface area contributed by atoms with Crippen molar-refractivity contribution in [3.8, 4) is 11.8 Å². The van der Waals surface area contributed by atoms with Gasteiger partial charge in [0.2, 0.25) is 0 Å². The Morgan fingerprint density at radius 3 is 2.83 bits per heavy atom. The molecule has 1 heterocycles. The van der Waals surface area contributed by atoms with Gasteiger partial charge in [0, 0.05) is 12.6 Å². The maximum absolute atomic E-state index is 9.05. The number of rotatable bonds is 3. The number of pyridine rings is 1. The Morgan fingerprint density at radius 2 is 2.11 bits per heavy atom. The van der Waals surface area contributed by atoms with Crippen LogP contribution in [-0.4, -0.2) is 12.1 Å². The molecule has 2 rings (SSSR count). The second-order valence-corrected chi connectivity index (χ2v) is 3.87. The van der Waals surface area contributed by atoms with E-state index in [2.05, 4.69) is 11.1 Å². The first-order valence-corrected chi connectivity index (χ1v) is 5.51. The number of aromatic nitrogens is 1. The summed E-state index contributed by atoms with van der Waals surface area (Å²) in [5.41, 5.74) is 8.06. The third-order valence-electron chi connectivity index (χ3n) is 2.70. The molecule has 4 heteroatoms. The van der Waals surface area contributed by atoms with Crippen molar-refractivity contribution in [1.29, 1.82) is 5.26 Å². The number of nitrogen functional groups attached to an aromatic ring is 1. The summed E-state index contributed by atoms with van der Waals surface area (Å²) < 4.78 is 5.29. The average Bonchev–Trinajstić information content (AvgIpc) is 2.40. The van der Waals surface area contributed by atoms with E-state index in [-0.39, 0.29) is 0 Å². The molecular formula is C14H13N3O. The van der Waals surface area contributed by atoms with Crippen molar-refractivity contribution in [1.82, 2.24) is 4.98 Å². The van der Waals surface area contributed by atoms with Gasteiger partial charge < -0.3 is 10.5 Å². The lowest BCUT2D eigenvalue weighted by atomic mass is 10.0. The number of hydrogen-bond acceptors (Lipinski definition) is 4. The van der Waals surface area contributed by atoms with Gasteiger partial charge in [-0.3, -0.25) is 0 Å². The van der Waals surface area contributed by atoms with Gasteiger partial charge in [0.15, 0.2) is 0 Å². The van der Waals surface area contributed by atoms with Crippen molar-refractivity contribution in [3.05, 3.63) is 53.2 Å². The third kappa shape index (κ3) is 2.41. The minimum absolute atomic E-state index is 0.416. The number of benzene rings is 1. The molecule has 2 aromatic rings. The molecule has 0 aliphatic rings. The number of hydrogen-bond donors (Lipinski definition) is 1. The van der Waals surface area contributed by atoms with Gasteiger partial charge in [0.05, 0.1) is 12.7 Å². The zero-order chi connectivity index (χ0) is 13.0. The van der Waals surface area contributed by atoms with Crippen LogP contribution in [0.15, 0.2) is 36.5 Å². The van der Waals surface area contributed by atoms with E-state index in [0.717, 1.165) is 16.9 Å². The largest absolute Gasteiger partial charge is 0.496 e. The summed E-state index contributed by atoms with van der Waals surface area (Å²) in [6.45, 7) is 0. The first-order valence-electron chi connectivity index (χ1n) is 5.51. The highest BCUT2D eigenvalue weighted by molar-refractivity contribution is 5.47. The van der Waals surface area contributed by atoms with Crippen molar-refractivity contribution in [2.45, 2.75) is 6.42 Å². The van der Waals surface area contributed by atoms with Crippen LogP contribution in [0.4, 0.5) is 5.82 Å². The number of nitrogens with zero attached hydrogens (tertiary/aromatic N) is 2. The highest BCUT2D eigenvalue weighted by Crippen LogP contribution is 2.22. The van der Waals surface area contributed by atoms with Gasteiger partial charge >= 0.3 is 0 Å². The summed E-state index contributed by atoms with van der Waals surface area (Å²) in [6.07, 6.45) is 2.10. The molecule has 1 aromatic carbocycles. The molecule has 0 aliphatic carbocycles. The average molecular weight is 239 g/mol. The number of para-hydroxylation sites is 1.